The maximum absolute atomic E-state index is 11.7. The van der Waals surface area contributed by atoms with Gasteiger partial charge in [-0.05, 0) is 24.5 Å². The Morgan fingerprint density at radius 3 is 2.83 bits per heavy atom. The zero-order chi connectivity index (χ0) is 13.4. The van der Waals surface area contributed by atoms with E-state index in [4.69, 9.17) is 4.74 Å². The highest BCUT2D eigenvalue weighted by molar-refractivity contribution is 9.09. The highest BCUT2D eigenvalue weighted by Crippen LogP contribution is 2.09. The molecule has 0 fully saturated rings. The lowest BCUT2D eigenvalue weighted by atomic mass is 10.0. The molecule has 0 aliphatic carbocycles. The fraction of sp³-hybridized carbons (Fsp3) is 0.500. The summed E-state index contributed by atoms with van der Waals surface area (Å²) in [6, 6.07) is 8.16. The largest absolute Gasteiger partial charge is 0.383 e. The number of benzene rings is 1. The minimum atomic E-state index is 0.0822. The van der Waals surface area contributed by atoms with Crippen molar-refractivity contribution in [3.63, 3.8) is 0 Å². The Bertz CT molecular complexity index is 382. The molecule has 0 radical (unpaired) electrons. The molecule has 1 aromatic rings. The van der Waals surface area contributed by atoms with Gasteiger partial charge < -0.3 is 10.1 Å². The van der Waals surface area contributed by atoms with Crippen LogP contribution in [-0.2, 0) is 16.0 Å². The zero-order valence-electron chi connectivity index (χ0n) is 10.9. The van der Waals surface area contributed by atoms with Crippen molar-refractivity contribution in [2.45, 2.75) is 24.6 Å². The number of alkyl halides is 1. The van der Waals surface area contributed by atoms with Crippen LogP contribution in [0.15, 0.2) is 24.3 Å². The maximum atomic E-state index is 11.7. The van der Waals surface area contributed by atoms with E-state index in [1.807, 2.05) is 12.1 Å². The first-order valence-corrected chi connectivity index (χ1v) is 6.99. The lowest BCUT2D eigenvalue weighted by molar-refractivity contribution is -0.121. The molecule has 0 heterocycles. The van der Waals surface area contributed by atoms with Crippen molar-refractivity contribution < 1.29 is 9.53 Å². The molecule has 0 aliphatic heterocycles. The van der Waals surface area contributed by atoms with E-state index in [2.05, 4.69) is 40.3 Å². The fourth-order valence-electron chi connectivity index (χ4n) is 1.69. The molecule has 0 saturated heterocycles. The highest BCUT2D eigenvalue weighted by atomic mass is 79.9. The van der Waals surface area contributed by atoms with E-state index in [1.54, 1.807) is 7.11 Å². The third-order valence-electron chi connectivity index (χ3n) is 2.75. The molecule has 1 amide bonds. The lowest BCUT2D eigenvalue weighted by Crippen LogP contribution is -2.31. The summed E-state index contributed by atoms with van der Waals surface area (Å²) in [5.74, 6) is 0.0822. The van der Waals surface area contributed by atoms with Crippen molar-refractivity contribution in [3.8, 4) is 0 Å². The molecule has 1 unspecified atom stereocenters. The molecular formula is C14H20BrNO2. The number of halogens is 1. The molecule has 0 bridgehead atoms. The number of ether oxygens (including phenoxy) is 1. The predicted molar refractivity (Wildman–Crippen MR) is 77.1 cm³/mol. The monoisotopic (exact) mass is 313 g/mol. The van der Waals surface area contributed by atoms with Crippen LogP contribution in [0.4, 0.5) is 0 Å². The second-order valence-corrected chi connectivity index (χ2v) is 5.58. The number of hydrogen-bond donors (Lipinski definition) is 1. The van der Waals surface area contributed by atoms with Crippen molar-refractivity contribution in [1.29, 1.82) is 0 Å². The van der Waals surface area contributed by atoms with Gasteiger partial charge in [0.05, 0.1) is 11.4 Å². The summed E-state index contributed by atoms with van der Waals surface area (Å²) < 4.78 is 4.98. The number of aryl methyl sites for hydroxylation is 2. The summed E-state index contributed by atoms with van der Waals surface area (Å²) in [5.41, 5.74) is 2.47. The first-order valence-electron chi connectivity index (χ1n) is 6.07. The average molecular weight is 314 g/mol. The van der Waals surface area contributed by atoms with Crippen LogP contribution in [0.25, 0.3) is 0 Å². The molecule has 0 saturated carbocycles. The van der Waals surface area contributed by atoms with Gasteiger partial charge in [-0.2, -0.15) is 0 Å². The molecule has 100 valence electrons. The van der Waals surface area contributed by atoms with Crippen LogP contribution >= 0.6 is 15.9 Å². The second-order valence-electron chi connectivity index (χ2n) is 4.28. The van der Waals surface area contributed by atoms with Gasteiger partial charge in [0.2, 0.25) is 5.91 Å². The van der Waals surface area contributed by atoms with Crippen LogP contribution in [0, 0.1) is 6.92 Å². The van der Waals surface area contributed by atoms with Gasteiger partial charge in [-0.25, -0.2) is 0 Å². The lowest BCUT2D eigenvalue weighted by Gasteiger charge is -2.10. The molecule has 1 rings (SSSR count). The van der Waals surface area contributed by atoms with Gasteiger partial charge in [-0.3, -0.25) is 4.79 Å². The highest BCUT2D eigenvalue weighted by Gasteiger charge is 2.07. The maximum Gasteiger partial charge on any atom is 0.220 e. The number of hydrogen-bond acceptors (Lipinski definition) is 2. The fourth-order valence-corrected chi connectivity index (χ4v) is 2.12. The molecule has 3 nitrogen and oxygen atoms in total. The van der Waals surface area contributed by atoms with Gasteiger partial charge in [-0.15, -0.1) is 0 Å². The van der Waals surface area contributed by atoms with Gasteiger partial charge in [0.1, 0.15) is 0 Å². The SMILES string of the molecule is COCC(Br)CNC(=O)CCc1ccccc1C. The molecule has 0 aromatic heterocycles. The van der Waals surface area contributed by atoms with Crippen molar-refractivity contribution in [1.82, 2.24) is 5.32 Å². The Morgan fingerprint density at radius 2 is 2.17 bits per heavy atom. The summed E-state index contributed by atoms with van der Waals surface area (Å²) in [7, 11) is 1.65. The van der Waals surface area contributed by atoms with Crippen LogP contribution in [0.3, 0.4) is 0 Å². The van der Waals surface area contributed by atoms with E-state index in [1.165, 1.54) is 11.1 Å². The minimum Gasteiger partial charge on any atom is -0.383 e. The molecular weight excluding hydrogens is 294 g/mol. The predicted octanol–water partition coefficient (Wildman–Crippen LogP) is 2.45. The Balaban J connectivity index is 2.27. The van der Waals surface area contributed by atoms with Crippen LogP contribution in [0.1, 0.15) is 17.5 Å². The van der Waals surface area contributed by atoms with Gasteiger partial charge in [0.25, 0.3) is 0 Å². The zero-order valence-corrected chi connectivity index (χ0v) is 12.5. The molecule has 4 heteroatoms. The first kappa shape index (κ1) is 15.2. The number of rotatable bonds is 7. The number of nitrogens with one attached hydrogen (secondary N) is 1. The molecule has 18 heavy (non-hydrogen) atoms. The Kier molecular flexibility index (Phi) is 6.98. The summed E-state index contributed by atoms with van der Waals surface area (Å²) in [4.78, 5) is 11.8. The molecule has 0 spiro atoms. The first-order chi connectivity index (χ1) is 8.63. The number of carbonyl (C=O) groups is 1. The number of amides is 1. The van der Waals surface area contributed by atoms with Crippen molar-refractivity contribution in [2.75, 3.05) is 20.3 Å². The van der Waals surface area contributed by atoms with Crippen LogP contribution in [0.2, 0.25) is 0 Å². The number of carbonyl (C=O) groups excluding carboxylic acids is 1. The van der Waals surface area contributed by atoms with E-state index in [0.717, 1.165) is 6.42 Å². The quantitative estimate of drug-likeness (QED) is 0.785. The van der Waals surface area contributed by atoms with E-state index < -0.39 is 0 Å². The third-order valence-corrected chi connectivity index (χ3v) is 3.34. The number of methoxy groups -OCH3 is 1. The van der Waals surface area contributed by atoms with Crippen LogP contribution < -0.4 is 5.32 Å². The van der Waals surface area contributed by atoms with Crippen LogP contribution in [0.5, 0.6) is 0 Å². The molecule has 1 atom stereocenters. The third kappa shape index (κ3) is 5.65. The summed E-state index contributed by atoms with van der Waals surface area (Å²) in [6.07, 6.45) is 1.31. The normalized spacial score (nSPS) is 12.2. The van der Waals surface area contributed by atoms with Crippen LogP contribution in [-0.4, -0.2) is 31.0 Å². The Hall–Kier alpha value is -0.870. The van der Waals surface area contributed by atoms with Crippen molar-refractivity contribution >= 4 is 21.8 Å². The van der Waals surface area contributed by atoms with Gasteiger partial charge in [-0.1, -0.05) is 40.2 Å². The van der Waals surface area contributed by atoms with Gasteiger partial charge >= 0.3 is 0 Å². The Morgan fingerprint density at radius 1 is 1.44 bits per heavy atom. The van der Waals surface area contributed by atoms with E-state index >= 15 is 0 Å². The molecule has 1 N–H and O–H groups in total. The second kappa shape index (κ2) is 8.27. The standard InChI is InChI=1S/C14H20BrNO2/c1-11-5-3-4-6-12(11)7-8-14(17)16-9-13(15)10-18-2/h3-6,13H,7-10H2,1-2H3,(H,16,17). The average Bonchev–Trinajstić information content (AvgIpc) is 2.36. The molecule has 1 aromatic carbocycles. The summed E-state index contributed by atoms with van der Waals surface area (Å²) >= 11 is 3.43. The smallest absolute Gasteiger partial charge is 0.220 e. The Labute approximate surface area is 117 Å². The van der Waals surface area contributed by atoms with Gasteiger partial charge in [0, 0.05) is 20.1 Å². The van der Waals surface area contributed by atoms with Crippen molar-refractivity contribution in [2.24, 2.45) is 0 Å². The van der Waals surface area contributed by atoms with Gasteiger partial charge in [0.15, 0.2) is 0 Å². The summed E-state index contributed by atoms with van der Waals surface area (Å²) in [6.45, 7) is 3.26. The van der Waals surface area contributed by atoms with E-state index in [0.29, 0.717) is 19.6 Å². The topological polar surface area (TPSA) is 38.3 Å². The summed E-state index contributed by atoms with van der Waals surface area (Å²) in [5, 5.41) is 2.89. The molecule has 0 aliphatic rings. The minimum absolute atomic E-state index is 0.0822. The van der Waals surface area contributed by atoms with E-state index in [-0.39, 0.29) is 10.7 Å². The van der Waals surface area contributed by atoms with Crippen molar-refractivity contribution in [3.05, 3.63) is 35.4 Å². The van der Waals surface area contributed by atoms with E-state index in [9.17, 15) is 4.79 Å².